The molecule has 9 nitrogen and oxygen atoms in total. The zero-order valence-electron chi connectivity index (χ0n) is 33.1. The molecule has 0 aromatic heterocycles. The molecule has 1 N–H and O–H groups in total. The van der Waals surface area contributed by atoms with E-state index >= 15 is 0 Å². The maximum atomic E-state index is 14.2. The number of morpholine rings is 1. The number of hydrogen-bond donors (Lipinski definition) is 1. The summed E-state index contributed by atoms with van der Waals surface area (Å²) in [5.74, 6) is 2.04. The third kappa shape index (κ3) is 7.44. The fourth-order valence-electron chi connectivity index (χ4n) is 11.3. The van der Waals surface area contributed by atoms with Gasteiger partial charge in [-0.3, -0.25) is 19.3 Å². The molecule has 4 aliphatic heterocycles. The molecule has 6 unspecified atom stereocenters. The molecule has 2 bridgehead atoms. The zero-order valence-corrected chi connectivity index (χ0v) is 33.9. The molecule has 0 radical (unpaired) electrons. The second kappa shape index (κ2) is 15.9. The molecule has 4 heterocycles. The van der Waals surface area contributed by atoms with Crippen LogP contribution in [0.5, 0.6) is 5.75 Å². The second-order valence-electron chi connectivity index (χ2n) is 18.2. The summed E-state index contributed by atoms with van der Waals surface area (Å²) in [6, 6.07) is 15.3. The molecule has 1 spiro atoms. The number of ether oxygens (including phenoxy) is 3. The highest BCUT2D eigenvalue weighted by molar-refractivity contribution is 7.84. The normalized spacial score (nSPS) is 36.5. The Balaban J connectivity index is 1.09. The SMILES string of the molecule is CO[C@]1(CN2CCN3CCOCC3C2)/C=C/CC(C)C(CC2CCC2)S(=O)NC(=O)c2ccc3c(c2)N(CC2CCC21)C[C@@]1(CCCc2ccccc21)CO3. The number of piperazine rings is 1. The first-order valence-corrected chi connectivity index (χ1v) is 22.6. The van der Waals surface area contributed by atoms with Gasteiger partial charge in [-0.1, -0.05) is 62.6 Å². The number of amides is 1. The summed E-state index contributed by atoms with van der Waals surface area (Å²) in [5, 5.41) is -0.119. The molecule has 9 rings (SSSR count). The molecule has 55 heavy (non-hydrogen) atoms. The van der Waals surface area contributed by atoms with Crippen molar-refractivity contribution in [1.82, 2.24) is 14.5 Å². The van der Waals surface area contributed by atoms with Crippen LogP contribution in [0.3, 0.4) is 0 Å². The number of aryl methyl sites for hydroxylation is 1. The van der Waals surface area contributed by atoms with Crippen LogP contribution in [-0.4, -0.2) is 110 Å². The van der Waals surface area contributed by atoms with Gasteiger partial charge in [-0.2, -0.15) is 0 Å². The number of anilines is 1. The van der Waals surface area contributed by atoms with Gasteiger partial charge in [-0.15, -0.1) is 0 Å². The minimum atomic E-state index is -1.51. The van der Waals surface area contributed by atoms with Crippen molar-refractivity contribution in [3.63, 3.8) is 0 Å². The van der Waals surface area contributed by atoms with Crippen molar-refractivity contribution in [2.75, 3.05) is 77.6 Å². The number of allylic oxidation sites excluding steroid dienone is 1. The average Bonchev–Trinajstić information content (AvgIpc) is 3.32. The topological polar surface area (TPSA) is 83.6 Å². The van der Waals surface area contributed by atoms with E-state index in [2.05, 4.69) is 62.8 Å². The van der Waals surface area contributed by atoms with Crippen LogP contribution in [0.2, 0.25) is 0 Å². The number of methoxy groups -OCH3 is 1. The summed E-state index contributed by atoms with van der Waals surface area (Å²) >= 11 is 0. The Bertz CT molecular complexity index is 1770. The van der Waals surface area contributed by atoms with Crippen molar-refractivity contribution in [2.24, 2.45) is 23.7 Å². The third-order valence-electron chi connectivity index (χ3n) is 14.9. The predicted molar refractivity (Wildman–Crippen MR) is 218 cm³/mol. The fraction of sp³-hybridized carbons (Fsp3) is 0.667. The summed E-state index contributed by atoms with van der Waals surface area (Å²) in [4.78, 5) is 21.8. The molecule has 2 aromatic rings. The van der Waals surface area contributed by atoms with Crippen molar-refractivity contribution in [3.8, 4) is 5.75 Å². The van der Waals surface area contributed by atoms with Crippen LogP contribution in [0.1, 0.15) is 86.2 Å². The van der Waals surface area contributed by atoms with Crippen LogP contribution in [0.15, 0.2) is 54.6 Å². The van der Waals surface area contributed by atoms with Gasteiger partial charge in [0, 0.05) is 69.9 Å². The van der Waals surface area contributed by atoms with Crippen molar-refractivity contribution in [1.29, 1.82) is 0 Å². The number of rotatable bonds is 5. The first-order valence-electron chi connectivity index (χ1n) is 21.4. The minimum absolute atomic E-state index is 0.119. The first-order chi connectivity index (χ1) is 26.8. The first kappa shape index (κ1) is 37.8. The lowest BCUT2D eigenvalue weighted by Gasteiger charge is -2.53. The molecule has 1 amide bonds. The lowest BCUT2D eigenvalue weighted by atomic mass is 9.63. The molecule has 10 heteroatoms. The third-order valence-corrected chi connectivity index (χ3v) is 16.5. The Morgan fingerprint density at radius 2 is 1.93 bits per heavy atom. The van der Waals surface area contributed by atoms with Crippen LogP contribution in [0, 0.1) is 23.7 Å². The van der Waals surface area contributed by atoms with E-state index in [9.17, 15) is 9.00 Å². The number of benzene rings is 2. The van der Waals surface area contributed by atoms with Gasteiger partial charge in [-0.25, -0.2) is 4.21 Å². The number of nitrogens with zero attached hydrogens (tertiary/aromatic N) is 3. The Morgan fingerprint density at radius 3 is 2.75 bits per heavy atom. The summed E-state index contributed by atoms with van der Waals surface area (Å²) in [6.07, 6.45) is 15.6. The minimum Gasteiger partial charge on any atom is -0.490 e. The van der Waals surface area contributed by atoms with E-state index in [1.807, 2.05) is 25.3 Å². The Morgan fingerprint density at radius 1 is 1.04 bits per heavy atom. The molecule has 8 atom stereocenters. The van der Waals surface area contributed by atoms with Gasteiger partial charge in [-0.05, 0) is 97.9 Å². The summed E-state index contributed by atoms with van der Waals surface area (Å²) in [7, 11) is 0.417. The molecule has 2 aromatic carbocycles. The molecular weight excluding hydrogens is 709 g/mol. The van der Waals surface area contributed by atoms with Crippen molar-refractivity contribution >= 4 is 22.6 Å². The van der Waals surface area contributed by atoms with Crippen LogP contribution in [-0.2, 0) is 32.3 Å². The average molecular weight is 771 g/mol. The summed E-state index contributed by atoms with van der Waals surface area (Å²) in [6.45, 7) is 11.1. The highest BCUT2D eigenvalue weighted by Gasteiger charge is 2.50. The molecular formula is C45H62N4O5S. The molecule has 4 fully saturated rings. The number of hydrogen-bond acceptors (Lipinski definition) is 8. The van der Waals surface area contributed by atoms with E-state index in [0.717, 1.165) is 115 Å². The maximum Gasteiger partial charge on any atom is 0.263 e. The Hall–Kier alpha value is -2.76. The van der Waals surface area contributed by atoms with E-state index in [1.54, 1.807) is 0 Å². The summed E-state index contributed by atoms with van der Waals surface area (Å²) in [5.41, 5.74) is 3.76. The molecule has 2 saturated carbocycles. The van der Waals surface area contributed by atoms with E-state index in [0.29, 0.717) is 36.0 Å². The number of carbonyl (C=O) groups excluding carboxylic acids is 1. The van der Waals surface area contributed by atoms with Gasteiger partial charge < -0.3 is 19.1 Å². The highest BCUT2D eigenvalue weighted by atomic mass is 32.2. The van der Waals surface area contributed by atoms with E-state index in [1.165, 1.54) is 30.4 Å². The van der Waals surface area contributed by atoms with Gasteiger partial charge in [0.15, 0.2) is 0 Å². The smallest absolute Gasteiger partial charge is 0.263 e. The van der Waals surface area contributed by atoms with Gasteiger partial charge >= 0.3 is 0 Å². The van der Waals surface area contributed by atoms with E-state index in [-0.39, 0.29) is 22.5 Å². The van der Waals surface area contributed by atoms with Crippen molar-refractivity contribution in [2.45, 2.75) is 93.4 Å². The van der Waals surface area contributed by atoms with Crippen LogP contribution in [0.25, 0.3) is 0 Å². The predicted octanol–water partition coefficient (Wildman–Crippen LogP) is 6.14. The molecule has 3 aliphatic carbocycles. The second-order valence-corrected chi connectivity index (χ2v) is 19.6. The van der Waals surface area contributed by atoms with Gasteiger partial charge in [0.1, 0.15) is 22.3 Å². The lowest BCUT2D eigenvalue weighted by molar-refractivity contribution is -0.108. The number of nitrogens with one attached hydrogen (secondary N) is 1. The summed E-state index contributed by atoms with van der Waals surface area (Å²) < 4.78 is 36.8. The Kier molecular flexibility index (Phi) is 10.9. The van der Waals surface area contributed by atoms with Crippen LogP contribution < -0.4 is 14.4 Å². The van der Waals surface area contributed by atoms with Gasteiger partial charge in [0.2, 0.25) is 0 Å². The van der Waals surface area contributed by atoms with Crippen LogP contribution >= 0.6 is 0 Å². The number of carbonyl (C=O) groups is 1. The standard InChI is InChI=1S/C45H62N4O5S/c1-32-8-6-19-45(52-2,30-47-20-21-48-22-23-53-28-37(48)27-47)39-16-14-36(39)26-49-29-44(18-7-12-34-11-3-4-13-38(34)44)31-54-41-17-15-35(25-40(41)49)43(50)46-55(51)42(32)24-33-9-5-10-33/h3-4,6,11,13,15,17,19,25,32-33,36-37,39,42H,5,7-10,12,14,16,18,20-24,26-31H2,1-2H3,(H,46,50)/b19-6+/t32?,36?,37?,39?,42?,44-,45-,55?/m0/s1. The number of fused-ring (bicyclic) bond motifs is 5. The quantitative estimate of drug-likeness (QED) is 0.364. The monoisotopic (exact) mass is 770 g/mol. The molecule has 7 aliphatic rings. The van der Waals surface area contributed by atoms with Crippen molar-refractivity contribution in [3.05, 3.63) is 71.3 Å². The van der Waals surface area contributed by atoms with E-state index < -0.39 is 16.6 Å². The molecule has 298 valence electrons. The zero-order chi connectivity index (χ0) is 37.6. The largest absolute Gasteiger partial charge is 0.490 e. The maximum absolute atomic E-state index is 14.2. The van der Waals surface area contributed by atoms with Crippen molar-refractivity contribution < 1.29 is 23.2 Å². The van der Waals surface area contributed by atoms with Gasteiger partial charge in [0.05, 0.1) is 30.8 Å². The van der Waals surface area contributed by atoms with Gasteiger partial charge in [0.25, 0.3) is 5.91 Å². The highest BCUT2D eigenvalue weighted by Crippen LogP contribution is 2.49. The lowest BCUT2D eigenvalue weighted by Crippen LogP contribution is -2.62. The Labute approximate surface area is 331 Å². The van der Waals surface area contributed by atoms with E-state index in [4.69, 9.17) is 14.2 Å². The fourth-order valence-corrected chi connectivity index (χ4v) is 12.7. The van der Waals surface area contributed by atoms with Crippen LogP contribution in [0.4, 0.5) is 5.69 Å². The molecule has 2 saturated heterocycles.